The van der Waals surface area contributed by atoms with Crippen molar-refractivity contribution >= 4 is 41.0 Å². The van der Waals surface area contributed by atoms with Crippen LogP contribution in [-0.2, 0) is 11.3 Å². The van der Waals surface area contributed by atoms with E-state index in [0.29, 0.717) is 43.7 Å². The first-order valence-electron chi connectivity index (χ1n) is 12.4. The maximum absolute atomic E-state index is 14.2. The van der Waals surface area contributed by atoms with Crippen LogP contribution in [0.2, 0.25) is 5.15 Å². The van der Waals surface area contributed by atoms with E-state index < -0.39 is 5.82 Å². The predicted molar refractivity (Wildman–Crippen MR) is 147 cm³/mol. The first-order chi connectivity index (χ1) is 18.9. The van der Waals surface area contributed by atoms with Crippen molar-refractivity contribution in [2.24, 2.45) is 0 Å². The lowest BCUT2D eigenvalue weighted by Gasteiger charge is -2.40. The van der Waals surface area contributed by atoms with Crippen LogP contribution in [0.25, 0.3) is 0 Å². The maximum Gasteiger partial charge on any atom is 0.257 e. The second-order valence-corrected chi connectivity index (χ2v) is 10.3. The molecule has 0 aliphatic carbocycles. The third-order valence-corrected chi connectivity index (χ3v) is 7.27. The number of pyridine rings is 1. The lowest BCUT2D eigenvalue weighted by molar-refractivity contribution is -0.128. The van der Waals surface area contributed by atoms with Gasteiger partial charge >= 0.3 is 0 Å². The van der Waals surface area contributed by atoms with Gasteiger partial charge in [0.2, 0.25) is 5.91 Å². The molecule has 2 amide bonds. The van der Waals surface area contributed by atoms with Gasteiger partial charge in [0.05, 0.1) is 23.8 Å². The van der Waals surface area contributed by atoms with Gasteiger partial charge < -0.3 is 14.7 Å². The Bertz CT molecular complexity index is 1360. The van der Waals surface area contributed by atoms with Crippen molar-refractivity contribution < 1.29 is 14.0 Å². The Labute approximate surface area is 235 Å². The number of nitriles is 1. The van der Waals surface area contributed by atoms with Crippen LogP contribution >= 0.6 is 23.4 Å². The summed E-state index contributed by atoms with van der Waals surface area (Å²) >= 11 is 7.47. The highest BCUT2D eigenvalue weighted by molar-refractivity contribution is 7.99. The zero-order valence-corrected chi connectivity index (χ0v) is 22.9. The van der Waals surface area contributed by atoms with Crippen LogP contribution in [0.15, 0.2) is 60.0 Å². The normalized spacial score (nSPS) is 15.1. The van der Waals surface area contributed by atoms with Crippen molar-refractivity contribution in [3.8, 4) is 6.07 Å². The van der Waals surface area contributed by atoms with E-state index in [1.165, 1.54) is 23.9 Å². The molecule has 1 fully saturated rings. The van der Waals surface area contributed by atoms with Gasteiger partial charge in [-0.05, 0) is 30.7 Å². The topological polar surface area (TPSA) is 106 Å². The van der Waals surface area contributed by atoms with E-state index in [0.717, 1.165) is 5.56 Å². The molecule has 0 N–H and O–H groups in total. The average molecular weight is 568 g/mol. The van der Waals surface area contributed by atoms with Gasteiger partial charge in [-0.3, -0.25) is 14.6 Å². The number of anilines is 1. The molecule has 0 spiro atoms. The van der Waals surface area contributed by atoms with Gasteiger partial charge in [0.15, 0.2) is 5.16 Å². The number of hydrogen-bond acceptors (Lipinski definition) is 8. The molecule has 0 bridgehead atoms. The van der Waals surface area contributed by atoms with Gasteiger partial charge in [-0.1, -0.05) is 41.6 Å². The third kappa shape index (κ3) is 7.43. The van der Waals surface area contributed by atoms with E-state index in [1.807, 2.05) is 17.9 Å². The molecule has 1 unspecified atom stereocenters. The molecule has 1 aliphatic rings. The molecule has 1 aliphatic heterocycles. The highest BCUT2D eigenvalue weighted by Crippen LogP contribution is 2.25. The minimum atomic E-state index is -0.539. The first-order valence-corrected chi connectivity index (χ1v) is 13.7. The zero-order valence-electron chi connectivity index (χ0n) is 21.3. The molecule has 3 heterocycles. The fraction of sp³-hybridized carbons (Fsp3) is 0.333. The summed E-state index contributed by atoms with van der Waals surface area (Å²) in [6.45, 7) is 3.90. The van der Waals surface area contributed by atoms with Crippen molar-refractivity contribution in [3.63, 3.8) is 0 Å². The van der Waals surface area contributed by atoms with Gasteiger partial charge in [-0.2, -0.15) is 5.26 Å². The van der Waals surface area contributed by atoms with Gasteiger partial charge in [0.1, 0.15) is 16.8 Å². The van der Waals surface area contributed by atoms with Crippen LogP contribution in [0.5, 0.6) is 0 Å². The van der Waals surface area contributed by atoms with Crippen molar-refractivity contribution in [2.75, 3.05) is 36.8 Å². The molecule has 4 rings (SSSR count). The third-order valence-electron chi connectivity index (χ3n) is 6.24. The molecular weight excluding hydrogens is 541 g/mol. The molecule has 202 valence electrons. The SMILES string of the molecule is CC1CN(c2cc(Cl)nc(SCC(=O)N(CCC#N)Cc3cccnc3)n2)CCN1C(=O)c1ccccc1F. The fourth-order valence-electron chi connectivity index (χ4n) is 4.28. The van der Waals surface area contributed by atoms with E-state index in [-0.39, 0.29) is 40.7 Å². The summed E-state index contributed by atoms with van der Waals surface area (Å²) in [6, 6.07) is 13.2. The van der Waals surface area contributed by atoms with Crippen LogP contribution in [0.3, 0.4) is 0 Å². The van der Waals surface area contributed by atoms with E-state index in [9.17, 15) is 14.0 Å². The smallest absolute Gasteiger partial charge is 0.257 e. The minimum absolute atomic E-state index is 0.0542. The van der Waals surface area contributed by atoms with Crippen molar-refractivity contribution in [2.45, 2.75) is 31.1 Å². The molecule has 1 saturated heterocycles. The Morgan fingerprint density at radius 1 is 1.23 bits per heavy atom. The summed E-state index contributed by atoms with van der Waals surface area (Å²) in [5.41, 5.74) is 0.926. The summed E-state index contributed by atoms with van der Waals surface area (Å²) in [4.78, 5) is 44.2. The minimum Gasteiger partial charge on any atom is -0.353 e. The molecule has 39 heavy (non-hydrogen) atoms. The standard InChI is InChI=1S/C27H27ClFN7O2S/c1-19-16-34(12-13-36(19)26(38)21-7-2-3-8-22(21)29)24-14-23(28)32-27(33-24)39-18-25(37)35(11-5-9-30)17-20-6-4-10-31-15-20/h2-4,6-8,10,14-15,19H,5,11-13,16-18H2,1H3. The number of carbonyl (C=O) groups is 2. The lowest BCUT2D eigenvalue weighted by Crippen LogP contribution is -2.54. The summed E-state index contributed by atoms with van der Waals surface area (Å²) in [5.74, 6) is -0.373. The number of piperazine rings is 1. The maximum atomic E-state index is 14.2. The fourth-order valence-corrected chi connectivity index (χ4v) is 5.26. The quantitative estimate of drug-likeness (QED) is 0.217. The number of amides is 2. The summed E-state index contributed by atoms with van der Waals surface area (Å²) < 4.78 is 14.2. The molecule has 0 saturated carbocycles. The first kappa shape index (κ1) is 28.3. The number of hydrogen-bond donors (Lipinski definition) is 0. The van der Waals surface area contributed by atoms with Crippen LogP contribution in [-0.4, -0.2) is 74.5 Å². The molecule has 9 nitrogen and oxygen atoms in total. The van der Waals surface area contributed by atoms with E-state index in [2.05, 4.69) is 21.0 Å². The number of benzene rings is 1. The summed E-state index contributed by atoms with van der Waals surface area (Å²) in [6.07, 6.45) is 3.57. The Morgan fingerprint density at radius 2 is 2.05 bits per heavy atom. The van der Waals surface area contributed by atoms with Crippen molar-refractivity contribution in [1.29, 1.82) is 5.26 Å². The predicted octanol–water partition coefficient (Wildman–Crippen LogP) is 4.05. The van der Waals surface area contributed by atoms with Gasteiger partial charge in [0, 0.05) is 57.2 Å². The lowest BCUT2D eigenvalue weighted by atomic mass is 10.1. The van der Waals surface area contributed by atoms with Crippen LogP contribution in [0.4, 0.5) is 10.2 Å². The van der Waals surface area contributed by atoms with E-state index in [4.69, 9.17) is 16.9 Å². The van der Waals surface area contributed by atoms with E-state index >= 15 is 0 Å². The Hall–Kier alpha value is -3.75. The van der Waals surface area contributed by atoms with Crippen molar-refractivity contribution in [1.82, 2.24) is 24.8 Å². The van der Waals surface area contributed by atoms with Crippen molar-refractivity contribution in [3.05, 3.63) is 77.0 Å². The van der Waals surface area contributed by atoms with Gasteiger partial charge in [0.25, 0.3) is 5.91 Å². The van der Waals surface area contributed by atoms with Crippen LogP contribution in [0, 0.1) is 17.1 Å². The van der Waals surface area contributed by atoms with Gasteiger partial charge in [-0.25, -0.2) is 14.4 Å². The number of halogens is 2. The van der Waals surface area contributed by atoms with Gasteiger partial charge in [-0.15, -0.1) is 0 Å². The summed E-state index contributed by atoms with van der Waals surface area (Å²) in [5, 5.41) is 9.60. The Kier molecular flexibility index (Phi) is 9.68. The van der Waals surface area contributed by atoms with Crippen LogP contribution in [0.1, 0.15) is 29.3 Å². The number of rotatable bonds is 9. The number of aromatic nitrogens is 3. The highest BCUT2D eigenvalue weighted by atomic mass is 35.5. The Morgan fingerprint density at radius 3 is 2.77 bits per heavy atom. The molecule has 1 atom stereocenters. The second-order valence-electron chi connectivity index (χ2n) is 8.98. The number of carbonyl (C=O) groups excluding carboxylic acids is 2. The molecular formula is C27H27ClFN7O2S. The molecule has 12 heteroatoms. The number of nitrogens with zero attached hydrogens (tertiary/aromatic N) is 7. The summed E-state index contributed by atoms with van der Waals surface area (Å²) in [7, 11) is 0. The molecule has 1 aromatic carbocycles. The molecule has 0 radical (unpaired) electrons. The largest absolute Gasteiger partial charge is 0.353 e. The Balaban J connectivity index is 1.40. The number of thioether (sulfide) groups is 1. The highest BCUT2D eigenvalue weighted by Gasteiger charge is 2.30. The van der Waals surface area contributed by atoms with Crippen LogP contribution < -0.4 is 4.90 Å². The average Bonchev–Trinajstić information content (AvgIpc) is 2.94. The molecule has 3 aromatic rings. The second kappa shape index (κ2) is 13.4. The van der Waals surface area contributed by atoms with E-state index in [1.54, 1.807) is 46.5 Å². The zero-order chi connectivity index (χ0) is 27.8. The molecule has 2 aromatic heterocycles. The monoisotopic (exact) mass is 567 g/mol.